The molecule has 0 radical (unpaired) electrons. The van der Waals surface area contributed by atoms with Gasteiger partial charge in [-0.3, -0.25) is 0 Å². The number of ether oxygens (including phenoxy) is 6. The van der Waals surface area contributed by atoms with E-state index in [4.69, 9.17) is 28.4 Å². The molecule has 6 unspecified atom stereocenters. The molecular weight excluding hydrogens is 335 g/mol. The monoisotopic (exact) mass is 366 g/mol. The maximum absolute atomic E-state index is 14.9. The summed E-state index contributed by atoms with van der Waals surface area (Å²) >= 11 is 0. The molecule has 10 atom stereocenters. The lowest BCUT2D eigenvalue weighted by Crippen LogP contribution is -2.61. The third kappa shape index (κ3) is 4.32. The predicted octanol–water partition coefficient (Wildman–Crippen LogP) is 0.915. The standard InChI is InChI=1S/C17H31FO7/c1-8-9(2)23-11(7-20-4)13(19)14(8)25-17-12(18)16(22-6)15(21-5)10(3)24-17/h8-17,19H,7H2,1-6H3/t8?,9-,10?,11?,12?,13+,14?,15+,16?,17-/m0/s1. The number of aliphatic hydroxyl groups is 1. The molecular formula is C17H31FO7. The number of halogens is 1. The second-order valence-electron chi connectivity index (χ2n) is 6.84. The first-order valence-electron chi connectivity index (χ1n) is 8.68. The highest BCUT2D eigenvalue weighted by Crippen LogP contribution is 2.34. The molecule has 0 bridgehead atoms. The number of aliphatic hydroxyl groups excluding tert-OH is 1. The van der Waals surface area contributed by atoms with Gasteiger partial charge in [-0.1, -0.05) is 6.92 Å². The average molecular weight is 366 g/mol. The molecule has 2 aliphatic rings. The van der Waals surface area contributed by atoms with E-state index in [-0.39, 0.29) is 18.6 Å². The Kier molecular flexibility index (Phi) is 7.57. The van der Waals surface area contributed by atoms with Gasteiger partial charge in [0, 0.05) is 27.2 Å². The van der Waals surface area contributed by atoms with Crippen LogP contribution in [0.15, 0.2) is 0 Å². The number of hydrogen-bond donors (Lipinski definition) is 1. The van der Waals surface area contributed by atoms with Crippen LogP contribution >= 0.6 is 0 Å². The van der Waals surface area contributed by atoms with Crippen LogP contribution < -0.4 is 0 Å². The zero-order valence-corrected chi connectivity index (χ0v) is 15.8. The van der Waals surface area contributed by atoms with Crippen LogP contribution in [0.3, 0.4) is 0 Å². The van der Waals surface area contributed by atoms with Gasteiger partial charge in [0.15, 0.2) is 12.5 Å². The van der Waals surface area contributed by atoms with Gasteiger partial charge in [-0.25, -0.2) is 4.39 Å². The van der Waals surface area contributed by atoms with Gasteiger partial charge in [-0.2, -0.15) is 0 Å². The van der Waals surface area contributed by atoms with Gasteiger partial charge in [-0.15, -0.1) is 0 Å². The Balaban J connectivity index is 2.12. The molecule has 2 aliphatic heterocycles. The van der Waals surface area contributed by atoms with Gasteiger partial charge < -0.3 is 33.5 Å². The minimum Gasteiger partial charge on any atom is -0.388 e. The highest BCUT2D eigenvalue weighted by atomic mass is 19.1. The van der Waals surface area contributed by atoms with Crippen molar-refractivity contribution in [3.63, 3.8) is 0 Å². The molecule has 0 aromatic rings. The lowest BCUT2D eigenvalue weighted by atomic mass is 9.88. The van der Waals surface area contributed by atoms with E-state index < -0.39 is 49.1 Å². The fourth-order valence-electron chi connectivity index (χ4n) is 3.60. The Bertz CT molecular complexity index is 412. The summed E-state index contributed by atoms with van der Waals surface area (Å²) in [4.78, 5) is 0. The summed E-state index contributed by atoms with van der Waals surface area (Å²) in [5.41, 5.74) is 0. The smallest absolute Gasteiger partial charge is 0.192 e. The summed E-state index contributed by atoms with van der Waals surface area (Å²) in [6, 6.07) is 0. The van der Waals surface area contributed by atoms with E-state index in [0.29, 0.717) is 0 Å². The Labute approximate surface area is 148 Å². The number of methoxy groups -OCH3 is 3. The quantitative estimate of drug-likeness (QED) is 0.749. The average Bonchev–Trinajstić information content (AvgIpc) is 2.58. The van der Waals surface area contributed by atoms with Gasteiger partial charge >= 0.3 is 0 Å². The number of rotatable bonds is 6. The highest BCUT2D eigenvalue weighted by molar-refractivity contribution is 4.94. The van der Waals surface area contributed by atoms with Gasteiger partial charge in [-0.05, 0) is 13.8 Å². The van der Waals surface area contributed by atoms with E-state index in [1.54, 1.807) is 6.92 Å². The summed E-state index contributed by atoms with van der Waals surface area (Å²) in [5.74, 6) is -0.143. The van der Waals surface area contributed by atoms with Crippen molar-refractivity contribution in [3.05, 3.63) is 0 Å². The van der Waals surface area contributed by atoms with Crippen LogP contribution in [0.1, 0.15) is 20.8 Å². The third-order valence-electron chi connectivity index (χ3n) is 5.24. The first-order chi connectivity index (χ1) is 11.8. The molecule has 0 saturated carbocycles. The van der Waals surface area contributed by atoms with E-state index in [1.165, 1.54) is 21.3 Å². The summed E-state index contributed by atoms with van der Waals surface area (Å²) in [5, 5.41) is 10.6. The largest absolute Gasteiger partial charge is 0.388 e. The molecule has 25 heavy (non-hydrogen) atoms. The van der Waals surface area contributed by atoms with E-state index in [1.807, 2.05) is 13.8 Å². The molecule has 2 heterocycles. The molecule has 0 aromatic heterocycles. The van der Waals surface area contributed by atoms with Crippen LogP contribution in [0.5, 0.6) is 0 Å². The Morgan fingerprint density at radius 3 is 2.12 bits per heavy atom. The Morgan fingerprint density at radius 1 is 0.920 bits per heavy atom. The van der Waals surface area contributed by atoms with Crippen LogP contribution in [0, 0.1) is 5.92 Å². The van der Waals surface area contributed by atoms with E-state index in [2.05, 4.69) is 0 Å². The molecule has 8 heteroatoms. The summed E-state index contributed by atoms with van der Waals surface area (Å²) in [6.07, 6.45) is -6.73. The first kappa shape index (κ1) is 21.0. The number of hydrogen-bond acceptors (Lipinski definition) is 7. The topological polar surface area (TPSA) is 75.6 Å². The first-order valence-corrected chi connectivity index (χ1v) is 8.68. The van der Waals surface area contributed by atoms with Crippen molar-refractivity contribution >= 4 is 0 Å². The zero-order valence-electron chi connectivity index (χ0n) is 15.8. The molecule has 148 valence electrons. The van der Waals surface area contributed by atoms with Crippen molar-refractivity contribution in [3.8, 4) is 0 Å². The second-order valence-corrected chi connectivity index (χ2v) is 6.84. The molecule has 2 saturated heterocycles. The summed E-state index contributed by atoms with van der Waals surface area (Å²) in [6.45, 7) is 5.80. The van der Waals surface area contributed by atoms with Crippen LogP contribution in [0.25, 0.3) is 0 Å². The predicted molar refractivity (Wildman–Crippen MR) is 87.1 cm³/mol. The van der Waals surface area contributed by atoms with Crippen LogP contribution in [-0.4, -0.2) is 88.2 Å². The van der Waals surface area contributed by atoms with Crippen molar-refractivity contribution in [1.82, 2.24) is 0 Å². The molecule has 0 aliphatic carbocycles. The molecule has 0 amide bonds. The van der Waals surface area contributed by atoms with E-state index in [0.717, 1.165) is 0 Å². The Morgan fingerprint density at radius 2 is 1.56 bits per heavy atom. The lowest BCUT2D eigenvalue weighted by molar-refractivity contribution is -0.324. The zero-order chi connectivity index (χ0) is 18.7. The fourth-order valence-corrected chi connectivity index (χ4v) is 3.60. The van der Waals surface area contributed by atoms with Crippen LogP contribution in [0.4, 0.5) is 4.39 Å². The van der Waals surface area contributed by atoms with Gasteiger partial charge in [0.05, 0.1) is 24.9 Å². The van der Waals surface area contributed by atoms with Gasteiger partial charge in [0.25, 0.3) is 0 Å². The molecule has 0 aromatic carbocycles. The summed E-state index contributed by atoms with van der Waals surface area (Å²) < 4.78 is 47.9. The summed E-state index contributed by atoms with van der Waals surface area (Å²) in [7, 11) is 4.46. The maximum Gasteiger partial charge on any atom is 0.192 e. The maximum atomic E-state index is 14.9. The Hall–Kier alpha value is -0.350. The lowest BCUT2D eigenvalue weighted by Gasteiger charge is -2.46. The SMILES string of the molecule is COCC1O[C@@H](C)C(C)C(O[C@@H]2OC(C)[C@@H](OC)C(OC)C2F)[C@@H]1O. The van der Waals surface area contributed by atoms with Crippen LogP contribution in [0.2, 0.25) is 0 Å². The molecule has 7 nitrogen and oxygen atoms in total. The van der Waals surface area contributed by atoms with Crippen molar-refractivity contribution in [2.24, 2.45) is 5.92 Å². The minimum atomic E-state index is -1.54. The highest BCUT2D eigenvalue weighted by Gasteiger charge is 2.50. The van der Waals surface area contributed by atoms with E-state index >= 15 is 0 Å². The molecule has 2 rings (SSSR count). The van der Waals surface area contributed by atoms with Crippen molar-refractivity contribution in [2.75, 3.05) is 27.9 Å². The fraction of sp³-hybridized carbons (Fsp3) is 1.00. The van der Waals surface area contributed by atoms with Gasteiger partial charge in [0.1, 0.15) is 24.4 Å². The molecule has 0 spiro atoms. The van der Waals surface area contributed by atoms with Gasteiger partial charge in [0.2, 0.25) is 0 Å². The second kappa shape index (κ2) is 9.03. The normalized spacial score (nSPS) is 48.5. The minimum absolute atomic E-state index is 0.143. The van der Waals surface area contributed by atoms with E-state index in [9.17, 15) is 9.50 Å². The van der Waals surface area contributed by atoms with Crippen molar-refractivity contribution in [1.29, 1.82) is 0 Å². The molecule has 2 fully saturated rings. The van der Waals surface area contributed by atoms with Crippen molar-refractivity contribution in [2.45, 2.75) is 76.0 Å². The molecule has 1 N–H and O–H groups in total. The third-order valence-corrected chi connectivity index (χ3v) is 5.24. The number of alkyl halides is 1. The van der Waals surface area contributed by atoms with Crippen molar-refractivity contribution < 1.29 is 37.9 Å². The van der Waals surface area contributed by atoms with Crippen LogP contribution in [-0.2, 0) is 28.4 Å².